The van der Waals surface area contributed by atoms with Crippen LogP contribution in [0.5, 0.6) is 0 Å². The van der Waals surface area contributed by atoms with Crippen LogP contribution in [0.3, 0.4) is 0 Å². The van der Waals surface area contributed by atoms with Crippen LogP contribution in [-0.2, 0) is 6.54 Å². The van der Waals surface area contributed by atoms with Gasteiger partial charge < -0.3 is 5.32 Å². The highest BCUT2D eigenvalue weighted by Crippen LogP contribution is 2.25. The summed E-state index contributed by atoms with van der Waals surface area (Å²) in [6, 6.07) is 9.19. The largest absolute Gasteiger partial charge is 0.378 e. The smallest absolute Gasteiger partial charge is 0.278 e. The summed E-state index contributed by atoms with van der Waals surface area (Å²) in [5.41, 5.74) is 2.98. The number of benzene rings is 1. The Morgan fingerprint density at radius 2 is 2.10 bits per heavy atom. The second-order valence-electron chi connectivity index (χ2n) is 4.63. The molecule has 1 heterocycles. The van der Waals surface area contributed by atoms with E-state index in [0.29, 0.717) is 34.6 Å². The van der Waals surface area contributed by atoms with E-state index in [9.17, 15) is 10.1 Å². The van der Waals surface area contributed by atoms with Crippen LogP contribution in [0.25, 0.3) is 0 Å². The maximum Gasteiger partial charge on any atom is 0.278 e. The molecule has 2 rings (SSSR count). The van der Waals surface area contributed by atoms with Crippen LogP contribution in [0.2, 0.25) is 0 Å². The zero-order chi connectivity index (χ0) is 15.4. The van der Waals surface area contributed by atoms with Gasteiger partial charge in [-0.3, -0.25) is 15.1 Å². The van der Waals surface area contributed by atoms with E-state index in [1.807, 2.05) is 6.07 Å². The molecule has 0 bridgehead atoms. The number of hydrogen-bond donors (Lipinski definition) is 1. The number of anilines is 1. The lowest BCUT2D eigenvalue weighted by molar-refractivity contribution is -0.386. The third-order valence-corrected chi connectivity index (χ3v) is 3.25. The maximum absolute atomic E-state index is 11.1. The van der Waals surface area contributed by atoms with Crippen molar-refractivity contribution in [1.29, 1.82) is 5.26 Å². The Labute approximate surface area is 122 Å². The Bertz CT molecular complexity index is 735. The Morgan fingerprint density at radius 1 is 1.38 bits per heavy atom. The summed E-state index contributed by atoms with van der Waals surface area (Å²) in [6.07, 6.45) is 1.50. The van der Waals surface area contributed by atoms with Crippen molar-refractivity contribution in [3.63, 3.8) is 0 Å². The molecule has 6 heteroatoms. The van der Waals surface area contributed by atoms with Gasteiger partial charge in [0.05, 0.1) is 34.0 Å². The van der Waals surface area contributed by atoms with Gasteiger partial charge in [0.2, 0.25) is 0 Å². The lowest BCUT2D eigenvalue weighted by atomic mass is 10.1. The van der Waals surface area contributed by atoms with Gasteiger partial charge in [-0.15, -0.1) is 0 Å². The third-order valence-electron chi connectivity index (χ3n) is 3.25. The maximum atomic E-state index is 11.1. The quantitative estimate of drug-likeness (QED) is 0.687. The monoisotopic (exact) mass is 282 g/mol. The molecule has 1 aromatic carbocycles. The van der Waals surface area contributed by atoms with E-state index in [1.54, 1.807) is 32.0 Å². The van der Waals surface area contributed by atoms with Crippen LogP contribution in [0, 0.1) is 35.3 Å². The number of para-hydroxylation sites is 1. The number of nitrogens with zero attached hydrogens (tertiary/aromatic N) is 3. The Balaban J connectivity index is 2.27. The number of nitro groups is 1. The minimum atomic E-state index is -0.390. The van der Waals surface area contributed by atoms with Crippen molar-refractivity contribution in [3.05, 3.63) is 63.0 Å². The van der Waals surface area contributed by atoms with Gasteiger partial charge in [-0.2, -0.15) is 5.26 Å². The van der Waals surface area contributed by atoms with Crippen LogP contribution in [0.4, 0.5) is 11.4 Å². The van der Waals surface area contributed by atoms with Crippen molar-refractivity contribution in [1.82, 2.24) is 4.98 Å². The second kappa shape index (κ2) is 6.01. The molecule has 0 aliphatic heterocycles. The van der Waals surface area contributed by atoms with Gasteiger partial charge in [0.1, 0.15) is 6.07 Å². The summed E-state index contributed by atoms with van der Waals surface area (Å²) in [7, 11) is 0. The summed E-state index contributed by atoms with van der Waals surface area (Å²) < 4.78 is 0. The van der Waals surface area contributed by atoms with Crippen LogP contribution in [0.1, 0.15) is 22.4 Å². The van der Waals surface area contributed by atoms with E-state index in [0.717, 1.165) is 0 Å². The van der Waals surface area contributed by atoms with E-state index in [-0.39, 0.29) is 10.6 Å². The van der Waals surface area contributed by atoms with E-state index in [4.69, 9.17) is 5.26 Å². The third kappa shape index (κ3) is 2.98. The normalized spacial score (nSPS) is 9.95. The molecule has 0 aliphatic rings. The summed E-state index contributed by atoms with van der Waals surface area (Å²) in [4.78, 5) is 14.9. The van der Waals surface area contributed by atoms with Gasteiger partial charge in [0.15, 0.2) is 0 Å². The minimum Gasteiger partial charge on any atom is -0.378 e. The first-order valence-corrected chi connectivity index (χ1v) is 6.37. The molecule has 0 aliphatic carbocycles. The molecule has 6 nitrogen and oxygen atoms in total. The molecular weight excluding hydrogens is 268 g/mol. The fraction of sp³-hybridized carbons (Fsp3) is 0.200. The molecule has 0 unspecified atom stereocenters. The molecule has 1 aromatic heterocycles. The first kappa shape index (κ1) is 14.5. The van der Waals surface area contributed by atoms with Crippen molar-refractivity contribution in [2.24, 2.45) is 0 Å². The number of pyridine rings is 1. The average Bonchev–Trinajstić information content (AvgIpc) is 2.46. The predicted molar refractivity (Wildman–Crippen MR) is 78.8 cm³/mol. The number of hydrogen-bond acceptors (Lipinski definition) is 5. The SMILES string of the molecule is Cc1cnc(CNc2ccccc2C#N)c(C)c1[N+](=O)[O-]. The molecule has 0 spiro atoms. The minimum absolute atomic E-state index is 0.0929. The van der Waals surface area contributed by atoms with Gasteiger partial charge in [-0.1, -0.05) is 12.1 Å². The molecule has 2 aromatic rings. The highest BCUT2D eigenvalue weighted by molar-refractivity contribution is 5.57. The van der Waals surface area contributed by atoms with E-state index in [2.05, 4.69) is 16.4 Å². The standard InChI is InChI=1S/C15H14N4O2/c1-10-8-17-14(11(2)15(10)19(20)21)9-18-13-6-4-3-5-12(13)7-16/h3-6,8,18H,9H2,1-2H3. The Kier molecular flexibility index (Phi) is 4.14. The van der Waals surface area contributed by atoms with Crippen molar-refractivity contribution < 1.29 is 4.92 Å². The number of rotatable bonds is 4. The van der Waals surface area contributed by atoms with Gasteiger partial charge >= 0.3 is 0 Å². The fourth-order valence-corrected chi connectivity index (χ4v) is 2.14. The van der Waals surface area contributed by atoms with Crippen LogP contribution in [-0.4, -0.2) is 9.91 Å². The van der Waals surface area contributed by atoms with Crippen LogP contribution >= 0.6 is 0 Å². The van der Waals surface area contributed by atoms with Gasteiger partial charge in [-0.05, 0) is 26.0 Å². The number of nitrogens with one attached hydrogen (secondary N) is 1. The van der Waals surface area contributed by atoms with E-state index < -0.39 is 0 Å². The lowest BCUT2D eigenvalue weighted by Gasteiger charge is -2.10. The molecule has 0 saturated carbocycles. The zero-order valence-corrected chi connectivity index (χ0v) is 11.8. The molecule has 0 fully saturated rings. The summed E-state index contributed by atoms with van der Waals surface area (Å²) in [6.45, 7) is 3.68. The first-order valence-electron chi connectivity index (χ1n) is 6.37. The number of aromatic nitrogens is 1. The predicted octanol–water partition coefficient (Wildman–Crippen LogP) is 3.09. The Morgan fingerprint density at radius 3 is 2.76 bits per heavy atom. The van der Waals surface area contributed by atoms with Crippen molar-refractivity contribution >= 4 is 11.4 Å². The molecular formula is C15H14N4O2. The molecule has 21 heavy (non-hydrogen) atoms. The molecule has 0 amide bonds. The second-order valence-corrected chi connectivity index (χ2v) is 4.63. The summed E-state index contributed by atoms with van der Waals surface area (Å²) >= 11 is 0. The summed E-state index contributed by atoms with van der Waals surface area (Å²) in [5.74, 6) is 0. The van der Waals surface area contributed by atoms with Gasteiger partial charge in [-0.25, -0.2) is 0 Å². The van der Waals surface area contributed by atoms with Gasteiger partial charge in [0, 0.05) is 11.8 Å². The number of nitriles is 1. The topological polar surface area (TPSA) is 91.8 Å². The highest BCUT2D eigenvalue weighted by Gasteiger charge is 2.18. The average molecular weight is 282 g/mol. The van der Waals surface area contributed by atoms with Crippen LogP contribution in [0.15, 0.2) is 30.5 Å². The number of aryl methyl sites for hydroxylation is 1. The molecule has 106 valence electrons. The van der Waals surface area contributed by atoms with Gasteiger partial charge in [0.25, 0.3) is 5.69 Å². The highest BCUT2D eigenvalue weighted by atomic mass is 16.6. The lowest BCUT2D eigenvalue weighted by Crippen LogP contribution is -2.07. The van der Waals surface area contributed by atoms with E-state index in [1.165, 1.54) is 6.20 Å². The zero-order valence-electron chi connectivity index (χ0n) is 11.8. The summed E-state index contributed by atoms with van der Waals surface area (Å²) in [5, 5.41) is 23.2. The molecule has 0 atom stereocenters. The van der Waals surface area contributed by atoms with Crippen molar-refractivity contribution in [2.45, 2.75) is 20.4 Å². The molecule has 0 radical (unpaired) electrons. The van der Waals surface area contributed by atoms with Crippen LogP contribution < -0.4 is 5.32 Å². The first-order chi connectivity index (χ1) is 10.0. The fourth-order valence-electron chi connectivity index (χ4n) is 2.14. The molecule has 0 saturated heterocycles. The van der Waals surface area contributed by atoms with E-state index >= 15 is 0 Å². The van der Waals surface area contributed by atoms with Crippen molar-refractivity contribution in [2.75, 3.05) is 5.32 Å². The molecule has 1 N–H and O–H groups in total. The van der Waals surface area contributed by atoms with Crippen molar-refractivity contribution in [3.8, 4) is 6.07 Å². The Hall–Kier alpha value is -2.94.